The highest BCUT2D eigenvalue weighted by Gasteiger charge is 2.25. The SMILES string of the molecule is Cc1[nH]c2ccccc2c1C(=O)[C@H](C)OC(=O)c1ccc(Cl)s1. The fraction of sp³-hybridized carbons (Fsp3) is 0.176. The third kappa shape index (κ3) is 3.02. The standard InChI is InChI=1S/C17H14ClNO3S/c1-9-15(11-5-3-4-6-12(11)19-9)16(20)10(2)22-17(21)13-7-8-14(18)23-13/h3-8,10,19H,1-2H3/t10-/m0/s1. The maximum atomic E-state index is 12.7. The maximum absolute atomic E-state index is 12.7. The van der Waals surface area contributed by atoms with Crippen molar-refractivity contribution in [3.05, 3.63) is 56.9 Å². The van der Waals surface area contributed by atoms with Crippen molar-refractivity contribution >= 4 is 45.6 Å². The third-order valence-electron chi connectivity index (χ3n) is 3.57. The Labute approximate surface area is 142 Å². The first-order valence-electron chi connectivity index (χ1n) is 7.05. The van der Waals surface area contributed by atoms with Crippen LogP contribution >= 0.6 is 22.9 Å². The highest BCUT2D eigenvalue weighted by atomic mass is 35.5. The van der Waals surface area contributed by atoms with Gasteiger partial charge in [0.2, 0.25) is 5.78 Å². The lowest BCUT2D eigenvalue weighted by Gasteiger charge is -2.11. The van der Waals surface area contributed by atoms with Crippen LogP contribution in [0.5, 0.6) is 0 Å². The lowest BCUT2D eigenvalue weighted by molar-refractivity contribution is 0.0324. The van der Waals surface area contributed by atoms with Crippen LogP contribution in [0.25, 0.3) is 10.9 Å². The number of benzene rings is 1. The zero-order valence-electron chi connectivity index (χ0n) is 12.6. The van der Waals surface area contributed by atoms with E-state index in [4.69, 9.17) is 16.3 Å². The first-order valence-corrected chi connectivity index (χ1v) is 8.24. The first-order chi connectivity index (χ1) is 11.0. The number of carbonyl (C=O) groups is 2. The average Bonchev–Trinajstić information content (AvgIpc) is 3.09. The van der Waals surface area contributed by atoms with Gasteiger partial charge in [-0.05, 0) is 32.0 Å². The Morgan fingerprint density at radius 3 is 2.65 bits per heavy atom. The topological polar surface area (TPSA) is 59.2 Å². The number of thiophene rings is 1. The van der Waals surface area contributed by atoms with Gasteiger partial charge in [0.25, 0.3) is 0 Å². The maximum Gasteiger partial charge on any atom is 0.349 e. The Hall–Kier alpha value is -2.11. The van der Waals surface area contributed by atoms with E-state index >= 15 is 0 Å². The lowest BCUT2D eigenvalue weighted by Crippen LogP contribution is -2.24. The molecule has 2 aromatic heterocycles. The smallest absolute Gasteiger partial charge is 0.349 e. The van der Waals surface area contributed by atoms with E-state index < -0.39 is 12.1 Å². The number of rotatable bonds is 4. The van der Waals surface area contributed by atoms with Crippen LogP contribution < -0.4 is 0 Å². The van der Waals surface area contributed by atoms with Crippen molar-refractivity contribution in [2.24, 2.45) is 0 Å². The van der Waals surface area contributed by atoms with Gasteiger partial charge in [-0.2, -0.15) is 0 Å². The number of H-pyrrole nitrogens is 1. The summed E-state index contributed by atoms with van der Waals surface area (Å²) in [5.41, 5.74) is 2.21. The van der Waals surface area contributed by atoms with Gasteiger partial charge < -0.3 is 9.72 Å². The fourth-order valence-electron chi connectivity index (χ4n) is 2.49. The van der Waals surface area contributed by atoms with Crippen molar-refractivity contribution in [1.29, 1.82) is 0 Å². The average molecular weight is 348 g/mol. The van der Waals surface area contributed by atoms with Gasteiger partial charge in [-0.3, -0.25) is 4.79 Å². The Balaban J connectivity index is 1.84. The molecule has 118 valence electrons. The molecule has 0 radical (unpaired) electrons. The molecule has 0 bridgehead atoms. The molecule has 6 heteroatoms. The van der Waals surface area contributed by atoms with E-state index in [1.807, 2.05) is 31.2 Å². The summed E-state index contributed by atoms with van der Waals surface area (Å²) < 4.78 is 5.79. The van der Waals surface area contributed by atoms with Crippen LogP contribution in [0, 0.1) is 6.92 Å². The molecule has 0 amide bonds. The minimum absolute atomic E-state index is 0.226. The quantitative estimate of drug-likeness (QED) is 0.553. The van der Waals surface area contributed by atoms with Crippen LogP contribution in [0.3, 0.4) is 0 Å². The minimum Gasteiger partial charge on any atom is -0.450 e. The fourth-order valence-corrected chi connectivity index (χ4v) is 3.42. The number of fused-ring (bicyclic) bond motifs is 1. The van der Waals surface area contributed by atoms with Gasteiger partial charge >= 0.3 is 5.97 Å². The van der Waals surface area contributed by atoms with Crippen molar-refractivity contribution in [3.8, 4) is 0 Å². The number of para-hydroxylation sites is 1. The van der Waals surface area contributed by atoms with Crippen LogP contribution in [0.2, 0.25) is 4.34 Å². The predicted molar refractivity (Wildman–Crippen MR) is 91.6 cm³/mol. The van der Waals surface area contributed by atoms with Crippen molar-refractivity contribution in [2.75, 3.05) is 0 Å². The monoisotopic (exact) mass is 347 g/mol. The molecular weight excluding hydrogens is 334 g/mol. The Kier molecular flexibility index (Phi) is 4.24. The van der Waals surface area contributed by atoms with E-state index in [-0.39, 0.29) is 5.78 Å². The number of ketones is 1. The van der Waals surface area contributed by atoms with Gasteiger partial charge in [-0.15, -0.1) is 11.3 Å². The molecule has 0 spiro atoms. The molecule has 3 rings (SSSR count). The molecule has 0 unspecified atom stereocenters. The number of ether oxygens (including phenoxy) is 1. The number of hydrogen-bond donors (Lipinski definition) is 1. The molecule has 0 aliphatic rings. The molecule has 0 saturated heterocycles. The van der Waals surface area contributed by atoms with Gasteiger partial charge in [0.15, 0.2) is 6.10 Å². The number of nitrogens with one attached hydrogen (secondary N) is 1. The Morgan fingerprint density at radius 1 is 1.22 bits per heavy atom. The normalized spacial score (nSPS) is 12.3. The molecule has 4 nitrogen and oxygen atoms in total. The Bertz CT molecular complexity index is 896. The summed E-state index contributed by atoms with van der Waals surface area (Å²) in [6.07, 6.45) is -0.874. The van der Waals surface area contributed by atoms with E-state index in [2.05, 4.69) is 4.98 Å². The Morgan fingerprint density at radius 2 is 1.96 bits per heavy atom. The molecule has 0 aliphatic carbocycles. The van der Waals surface area contributed by atoms with Crippen LogP contribution in [-0.2, 0) is 4.74 Å². The summed E-state index contributed by atoms with van der Waals surface area (Å²) in [5.74, 6) is -0.767. The number of carbonyl (C=O) groups excluding carboxylic acids is 2. The second-order valence-corrected chi connectivity index (χ2v) is 6.90. The molecule has 1 aromatic carbocycles. The number of hydrogen-bond acceptors (Lipinski definition) is 4. The van der Waals surface area contributed by atoms with E-state index in [9.17, 15) is 9.59 Å². The van der Waals surface area contributed by atoms with Gasteiger partial charge in [-0.25, -0.2) is 4.79 Å². The minimum atomic E-state index is -0.874. The summed E-state index contributed by atoms with van der Waals surface area (Å²) in [6, 6.07) is 10.8. The molecule has 2 heterocycles. The second kappa shape index (κ2) is 6.18. The zero-order chi connectivity index (χ0) is 16.6. The molecule has 1 atom stereocenters. The molecule has 0 saturated carbocycles. The van der Waals surface area contributed by atoms with Gasteiger partial charge in [-0.1, -0.05) is 29.8 Å². The van der Waals surface area contributed by atoms with Gasteiger partial charge in [0, 0.05) is 22.2 Å². The first kappa shape index (κ1) is 15.8. The van der Waals surface area contributed by atoms with Crippen LogP contribution in [-0.4, -0.2) is 22.8 Å². The second-order valence-electron chi connectivity index (χ2n) is 5.19. The highest BCUT2D eigenvalue weighted by molar-refractivity contribution is 7.17. The van der Waals surface area contributed by atoms with E-state index in [1.165, 1.54) is 0 Å². The number of halogens is 1. The summed E-state index contributed by atoms with van der Waals surface area (Å²) >= 11 is 6.94. The van der Waals surface area contributed by atoms with Crippen LogP contribution in [0.15, 0.2) is 36.4 Å². The number of Topliss-reactive ketones (excluding diaryl/α,β-unsaturated/α-hetero) is 1. The molecule has 0 aliphatic heterocycles. The van der Waals surface area contributed by atoms with Gasteiger partial charge in [0.05, 0.1) is 4.34 Å². The third-order valence-corrected chi connectivity index (χ3v) is 4.78. The van der Waals surface area contributed by atoms with Crippen molar-refractivity contribution in [1.82, 2.24) is 4.98 Å². The number of esters is 1. The van der Waals surface area contributed by atoms with E-state index in [1.54, 1.807) is 19.1 Å². The molecule has 0 fully saturated rings. The summed E-state index contributed by atoms with van der Waals surface area (Å²) in [5, 5.41) is 0.831. The number of aromatic amines is 1. The number of aromatic nitrogens is 1. The molecule has 23 heavy (non-hydrogen) atoms. The zero-order valence-corrected chi connectivity index (χ0v) is 14.1. The van der Waals surface area contributed by atoms with E-state index in [0.29, 0.717) is 14.8 Å². The van der Waals surface area contributed by atoms with Crippen molar-refractivity contribution in [2.45, 2.75) is 20.0 Å². The number of aryl methyl sites for hydroxylation is 1. The molecule has 1 N–H and O–H groups in total. The predicted octanol–water partition coefficient (Wildman–Crippen LogP) is 4.62. The summed E-state index contributed by atoms with van der Waals surface area (Å²) in [7, 11) is 0. The van der Waals surface area contributed by atoms with Gasteiger partial charge in [0.1, 0.15) is 4.88 Å². The largest absolute Gasteiger partial charge is 0.450 e. The van der Waals surface area contributed by atoms with Crippen molar-refractivity contribution < 1.29 is 14.3 Å². The summed E-state index contributed by atoms with van der Waals surface area (Å²) in [4.78, 5) is 28.3. The van der Waals surface area contributed by atoms with Crippen LogP contribution in [0.1, 0.15) is 32.6 Å². The molecular formula is C17H14ClNO3S. The lowest BCUT2D eigenvalue weighted by atomic mass is 10.0. The molecule has 3 aromatic rings. The summed E-state index contributed by atoms with van der Waals surface area (Å²) in [6.45, 7) is 3.41. The van der Waals surface area contributed by atoms with Crippen molar-refractivity contribution in [3.63, 3.8) is 0 Å². The van der Waals surface area contributed by atoms with Crippen LogP contribution in [0.4, 0.5) is 0 Å². The highest BCUT2D eigenvalue weighted by Crippen LogP contribution is 2.25. The van der Waals surface area contributed by atoms with E-state index in [0.717, 1.165) is 27.9 Å².